The van der Waals surface area contributed by atoms with Crippen LogP contribution in [-0.2, 0) is 0 Å². The molecule has 0 aliphatic heterocycles. The SMILES string of the molecule is CN(C)C(=O)c1ccc(OCCO)cc1Cl. The van der Waals surface area contributed by atoms with E-state index in [9.17, 15) is 4.79 Å². The lowest BCUT2D eigenvalue weighted by atomic mass is 10.2. The Kier molecular flexibility index (Phi) is 4.58. The zero-order valence-electron chi connectivity index (χ0n) is 9.24. The molecule has 0 fully saturated rings. The minimum atomic E-state index is -0.154. The first-order valence-corrected chi connectivity index (χ1v) is 5.19. The Balaban J connectivity index is 2.87. The van der Waals surface area contributed by atoms with Gasteiger partial charge in [-0.2, -0.15) is 0 Å². The number of carbonyl (C=O) groups is 1. The maximum Gasteiger partial charge on any atom is 0.254 e. The summed E-state index contributed by atoms with van der Waals surface area (Å²) >= 11 is 5.96. The highest BCUT2D eigenvalue weighted by Gasteiger charge is 2.12. The number of ether oxygens (including phenoxy) is 1. The van der Waals surface area contributed by atoms with Crippen molar-refractivity contribution in [1.29, 1.82) is 0 Å². The van der Waals surface area contributed by atoms with E-state index in [1.54, 1.807) is 32.3 Å². The Morgan fingerprint density at radius 2 is 2.19 bits per heavy atom. The second-order valence-corrected chi connectivity index (χ2v) is 3.82. The largest absolute Gasteiger partial charge is 0.491 e. The van der Waals surface area contributed by atoms with Crippen LogP contribution in [0.5, 0.6) is 5.75 Å². The Morgan fingerprint density at radius 3 is 2.69 bits per heavy atom. The number of aliphatic hydroxyl groups excluding tert-OH is 1. The fraction of sp³-hybridized carbons (Fsp3) is 0.364. The van der Waals surface area contributed by atoms with Gasteiger partial charge in [-0.1, -0.05) is 11.6 Å². The average molecular weight is 244 g/mol. The van der Waals surface area contributed by atoms with E-state index in [4.69, 9.17) is 21.4 Å². The van der Waals surface area contributed by atoms with Crippen molar-refractivity contribution in [2.45, 2.75) is 0 Å². The fourth-order valence-electron chi connectivity index (χ4n) is 1.16. The summed E-state index contributed by atoms with van der Waals surface area (Å²) in [6.45, 7) is 0.146. The summed E-state index contributed by atoms with van der Waals surface area (Å²) in [6.07, 6.45) is 0. The summed E-state index contributed by atoms with van der Waals surface area (Å²) in [4.78, 5) is 13.1. The number of amides is 1. The molecule has 0 saturated heterocycles. The van der Waals surface area contributed by atoms with Gasteiger partial charge in [0.2, 0.25) is 0 Å². The maximum atomic E-state index is 11.7. The van der Waals surface area contributed by atoms with Gasteiger partial charge in [0.1, 0.15) is 12.4 Å². The quantitative estimate of drug-likeness (QED) is 0.870. The molecule has 0 aliphatic carbocycles. The molecule has 1 rings (SSSR count). The van der Waals surface area contributed by atoms with E-state index in [2.05, 4.69) is 0 Å². The first kappa shape index (κ1) is 12.8. The van der Waals surface area contributed by atoms with Gasteiger partial charge < -0.3 is 14.7 Å². The fourth-order valence-corrected chi connectivity index (χ4v) is 1.41. The lowest BCUT2D eigenvalue weighted by Crippen LogP contribution is -2.21. The van der Waals surface area contributed by atoms with Crippen molar-refractivity contribution in [3.8, 4) is 5.75 Å². The van der Waals surface area contributed by atoms with Crippen molar-refractivity contribution in [3.63, 3.8) is 0 Å². The van der Waals surface area contributed by atoms with Gasteiger partial charge in [-0.15, -0.1) is 0 Å². The van der Waals surface area contributed by atoms with Gasteiger partial charge in [0, 0.05) is 14.1 Å². The van der Waals surface area contributed by atoms with Crippen molar-refractivity contribution in [2.24, 2.45) is 0 Å². The molecule has 88 valence electrons. The summed E-state index contributed by atoms with van der Waals surface area (Å²) in [6, 6.07) is 4.82. The van der Waals surface area contributed by atoms with E-state index in [1.807, 2.05) is 0 Å². The van der Waals surface area contributed by atoms with Gasteiger partial charge in [-0.05, 0) is 18.2 Å². The average Bonchev–Trinajstić information content (AvgIpc) is 2.25. The first-order chi connectivity index (χ1) is 7.56. The predicted octanol–water partition coefficient (Wildman–Crippen LogP) is 1.41. The molecule has 0 atom stereocenters. The minimum Gasteiger partial charge on any atom is -0.491 e. The van der Waals surface area contributed by atoms with Gasteiger partial charge in [0.05, 0.1) is 17.2 Å². The van der Waals surface area contributed by atoms with Crippen molar-refractivity contribution < 1.29 is 14.6 Å². The van der Waals surface area contributed by atoms with Gasteiger partial charge in [-0.25, -0.2) is 0 Å². The normalized spacial score (nSPS) is 10.0. The van der Waals surface area contributed by atoms with E-state index in [1.165, 1.54) is 4.90 Å². The molecule has 4 nitrogen and oxygen atoms in total. The van der Waals surface area contributed by atoms with Gasteiger partial charge in [-0.3, -0.25) is 4.79 Å². The number of hydrogen-bond acceptors (Lipinski definition) is 3. The smallest absolute Gasteiger partial charge is 0.254 e. The first-order valence-electron chi connectivity index (χ1n) is 4.81. The van der Waals surface area contributed by atoms with E-state index in [0.29, 0.717) is 16.3 Å². The monoisotopic (exact) mass is 243 g/mol. The minimum absolute atomic E-state index is 0.0595. The second-order valence-electron chi connectivity index (χ2n) is 3.41. The number of rotatable bonds is 4. The number of aliphatic hydroxyl groups is 1. The van der Waals surface area contributed by atoms with Crippen LogP contribution in [0.15, 0.2) is 18.2 Å². The van der Waals surface area contributed by atoms with E-state index >= 15 is 0 Å². The summed E-state index contributed by atoms with van der Waals surface area (Å²) in [5.74, 6) is 0.382. The molecule has 16 heavy (non-hydrogen) atoms. The molecule has 1 amide bonds. The third kappa shape index (κ3) is 3.12. The van der Waals surface area contributed by atoms with Crippen LogP contribution in [0.4, 0.5) is 0 Å². The van der Waals surface area contributed by atoms with Crippen molar-refractivity contribution in [3.05, 3.63) is 28.8 Å². The molecule has 1 N–H and O–H groups in total. The van der Waals surface area contributed by atoms with Crippen LogP contribution in [0.25, 0.3) is 0 Å². The molecule has 0 unspecified atom stereocenters. The Bertz CT molecular complexity index is 379. The van der Waals surface area contributed by atoms with E-state index in [0.717, 1.165) is 0 Å². The van der Waals surface area contributed by atoms with Crippen molar-refractivity contribution >= 4 is 17.5 Å². The third-order valence-corrected chi connectivity index (χ3v) is 2.25. The van der Waals surface area contributed by atoms with Crippen LogP contribution >= 0.6 is 11.6 Å². The number of carbonyl (C=O) groups excluding carboxylic acids is 1. The molecule has 0 aliphatic rings. The standard InChI is InChI=1S/C11H14ClNO3/c1-13(2)11(15)9-4-3-8(7-10(9)12)16-6-5-14/h3-4,7,14H,5-6H2,1-2H3. The van der Waals surface area contributed by atoms with Crippen molar-refractivity contribution in [1.82, 2.24) is 4.90 Å². The van der Waals surface area contributed by atoms with E-state index in [-0.39, 0.29) is 19.1 Å². The molecule has 1 aromatic carbocycles. The van der Waals surface area contributed by atoms with Gasteiger partial charge in [0.25, 0.3) is 5.91 Å². The highest BCUT2D eigenvalue weighted by molar-refractivity contribution is 6.34. The molecule has 5 heteroatoms. The molecular formula is C11H14ClNO3. The number of benzene rings is 1. The number of hydrogen-bond donors (Lipinski definition) is 1. The zero-order chi connectivity index (χ0) is 12.1. The predicted molar refractivity (Wildman–Crippen MR) is 62.1 cm³/mol. The van der Waals surface area contributed by atoms with Crippen LogP contribution in [0.3, 0.4) is 0 Å². The zero-order valence-corrected chi connectivity index (χ0v) is 9.99. The Labute approximate surface area is 99.4 Å². The summed E-state index contributed by atoms with van der Waals surface area (Å²) in [7, 11) is 3.32. The molecule has 0 heterocycles. The summed E-state index contributed by atoms with van der Waals surface area (Å²) in [5, 5.41) is 8.94. The summed E-state index contributed by atoms with van der Waals surface area (Å²) in [5.41, 5.74) is 0.433. The highest BCUT2D eigenvalue weighted by Crippen LogP contribution is 2.23. The molecule has 1 aromatic rings. The Morgan fingerprint density at radius 1 is 1.50 bits per heavy atom. The highest BCUT2D eigenvalue weighted by atomic mass is 35.5. The van der Waals surface area contributed by atoms with Crippen LogP contribution in [0.2, 0.25) is 5.02 Å². The molecule has 0 spiro atoms. The number of nitrogens with zero attached hydrogens (tertiary/aromatic N) is 1. The second kappa shape index (κ2) is 5.72. The van der Waals surface area contributed by atoms with Crippen molar-refractivity contribution in [2.75, 3.05) is 27.3 Å². The van der Waals surface area contributed by atoms with Crippen LogP contribution < -0.4 is 4.74 Å². The lowest BCUT2D eigenvalue weighted by molar-refractivity contribution is 0.0827. The van der Waals surface area contributed by atoms with Crippen LogP contribution in [0, 0.1) is 0 Å². The maximum absolute atomic E-state index is 11.7. The summed E-state index contributed by atoms with van der Waals surface area (Å²) < 4.78 is 5.17. The Hall–Kier alpha value is -1.26. The van der Waals surface area contributed by atoms with Gasteiger partial charge >= 0.3 is 0 Å². The van der Waals surface area contributed by atoms with Crippen LogP contribution in [0.1, 0.15) is 10.4 Å². The van der Waals surface area contributed by atoms with Gasteiger partial charge in [0.15, 0.2) is 0 Å². The van der Waals surface area contributed by atoms with Crippen LogP contribution in [-0.4, -0.2) is 43.2 Å². The lowest BCUT2D eigenvalue weighted by Gasteiger charge is -2.12. The van der Waals surface area contributed by atoms with E-state index < -0.39 is 0 Å². The molecule has 0 radical (unpaired) electrons. The molecule has 0 saturated carbocycles. The molecular weight excluding hydrogens is 230 g/mol. The number of halogens is 1. The third-order valence-electron chi connectivity index (χ3n) is 1.94. The molecule has 0 bridgehead atoms. The topological polar surface area (TPSA) is 49.8 Å². The molecule has 0 aromatic heterocycles.